The van der Waals surface area contributed by atoms with E-state index < -0.39 is 0 Å². The highest BCUT2D eigenvalue weighted by molar-refractivity contribution is 9.10. The van der Waals surface area contributed by atoms with E-state index in [0.29, 0.717) is 11.1 Å². The van der Waals surface area contributed by atoms with Gasteiger partial charge in [-0.05, 0) is 48.2 Å². The minimum absolute atomic E-state index is 0.291. The first kappa shape index (κ1) is 16.0. The fourth-order valence-corrected chi connectivity index (χ4v) is 5.35. The molecule has 0 aromatic carbocycles. The average Bonchev–Trinajstić information content (AvgIpc) is 2.90. The monoisotopic (exact) mass is 370 g/mol. The Balaban J connectivity index is 1.78. The molecule has 118 valence electrons. The molecule has 1 saturated heterocycles. The molecular weight excluding hydrogens is 344 g/mol. The van der Waals surface area contributed by atoms with Crippen LogP contribution in [0, 0.1) is 0 Å². The van der Waals surface area contributed by atoms with Gasteiger partial charge in [0, 0.05) is 45.4 Å². The Morgan fingerprint density at radius 3 is 2.71 bits per heavy atom. The molecule has 1 aromatic heterocycles. The van der Waals surface area contributed by atoms with Crippen molar-refractivity contribution in [3.63, 3.8) is 0 Å². The minimum atomic E-state index is 0.291. The lowest BCUT2D eigenvalue weighted by Gasteiger charge is -2.54. The Bertz CT molecular complexity index is 481. The molecule has 3 rings (SSSR count). The average molecular weight is 371 g/mol. The molecule has 21 heavy (non-hydrogen) atoms. The van der Waals surface area contributed by atoms with Crippen LogP contribution >= 0.6 is 27.3 Å². The molecule has 2 nitrogen and oxygen atoms in total. The van der Waals surface area contributed by atoms with Crippen LogP contribution in [-0.4, -0.2) is 29.1 Å². The Hall–Kier alpha value is 0.1000. The van der Waals surface area contributed by atoms with Gasteiger partial charge < -0.3 is 5.32 Å². The number of thiophene rings is 1. The Morgan fingerprint density at radius 2 is 2.10 bits per heavy atom. The van der Waals surface area contributed by atoms with Crippen LogP contribution in [0.15, 0.2) is 15.9 Å². The van der Waals surface area contributed by atoms with E-state index in [-0.39, 0.29) is 0 Å². The first-order chi connectivity index (χ1) is 10.1. The first-order valence-electron chi connectivity index (χ1n) is 8.28. The molecule has 2 fully saturated rings. The van der Waals surface area contributed by atoms with Crippen LogP contribution in [0.3, 0.4) is 0 Å². The van der Waals surface area contributed by atoms with E-state index in [0.717, 1.165) is 13.1 Å². The molecule has 1 unspecified atom stereocenters. The van der Waals surface area contributed by atoms with Crippen molar-refractivity contribution in [2.45, 2.75) is 70.0 Å². The third-order valence-corrected chi connectivity index (χ3v) is 7.32. The third-order valence-electron chi connectivity index (χ3n) is 5.64. The van der Waals surface area contributed by atoms with Crippen molar-refractivity contribution in [2.75, 3.05) is 13.1 Å². The van der Waals surface area contributed by atoms with E-state index in [2.05, 4.69) is 51.4 Å². The van der Waals surface area contributed by atoms with Gasteiger partial charge in [0.25, 0.3) is 0 Å². The summed E-state index contributed by atoms with van der Waals surface area (Å²) in [4.78, 5) is 4.24. The maximum Gasteiger partial charge on any atom is 0.0335 e. The van der Waals surface area contributed by atoms with Gasteiger partial charge in [0.05, 0.1) is 0 Å². The fraction of sp³-hybridized carbons (Fsp3) is 0.765. The highest BCUT2D eigenvalue weighted by atomic mass is 79.9. The summed E-state index contributed by atoms with van der Waals surface area (Å²) in [5, 5.41) is 6.15. The third kappa shape index (κ3) is 3.39. The number of piperazine rings is 1. The van der Waals surface area contributed by atoms with Gasteiger partial charge in [-0.1, -0.05) is 26.2 Å². The molecule has 4 heteroatoms. The van der Waals surface area contributed by atoms with Gasteiger partial charge in [0.1, 0.15) is 0 Å². The van der Waals surface area contributed by atoms with E-state index in [4.69, 9.17) is 0 Å². The van der Waals surface area contributed by atoms with Gasteiger partial charge in [0.2, 0.25) is 0 Å². The van der Waals surface area contributed by atoms with Crippen molar-refractivity contribution < 1.29 is 0 Å². The van der Waals surface area contributed by atoms with Gasteiger partial charge in [-0.25, -0.2) is 0 Å². The van der Waals surface area contributed by atoms with Gasteiger partial charge in [-0.15, -0.1) is 11.3 Å². The quantitative estimate of drug-likeness (QED) is 0.822. The Morgan fingerprint density at radius 1 is 1.33 bits per heavy atom. The van der Waals surface area contributed by atoms with Crippen LogP contribution in [0.25, 0.3) is 0 Å². The molecule has 0 radical (unpaired) electrons. The maximum absolute atomic E-state index is 3.95. The standard InChI is InChI=1S/C17H27BrN2S/c1-3-16(2)12-19-17(7-5-4-6-8-17)13-20(16)10-15-9-14(18)11-21-15/h9,11,19H,3-8,10,12-13H2,1-2H3. The lowest BCUT2D eigenvalue weighted by atomic mass is 9.77. The predicted molar refractivity (Wildman–Crippen MR) is 94.9 cm³/mol. The number of rotatable bonds is 3. The molecule has 0 amide bonds. The summed E-state index contributed by atoms with van der Waals surface area (Å²) in [5.41, 5.74) is 0.681. The molecule has 1 aliphatic carbocycles. The summed E-state index contributed by atoms with van der Waals surface area (Å²) in [5.74, 6) is 0. The van der Waals surface area contributed by atoms with Gasteiger partial charge >= 0.3 is 0 Å². The zero-order valence-corrected chi connectivity index (χ0v) is 15.7. The summed E-state index contributed by atoms with van der Waals surface area (Å²) in [6, 6.07) is 2.29. The summed E-state index contributed by atoms with van der Waals surface area (Å²) < 4.78 is 1.23. The van der Waals surface area contributed by atoms with E-state index in [1.807, 2.05) is 11.3 Å². The zero-order valence-electron chi connectivity index (χ0n) is 13.3. The second-order valence-corrected chi connectivity index (χ2v) is 9.04. The van der Waals surface area contributed by atoms with Crippen molar-refractivity contribution in [1.82, 2.24) is 10.2 Å². The lowest BCUT2D eigenvalue weighted by Crippen LogP contribution is -2.69. The smallest absolute Gasteiger partial charge is 0.0335 e. The molecule has 1 atom stereocenters. The maximum atomic E-state index is 3.95. The molecular formula is C17H27BrN2S. The summed E-state index contributed by atoms with van der Waals surface area (Å²) in [7, 11) is 0. The van der Waals surface area contributed by atoms with Gasteiger partial charge in [-0.3, -0.25) is 4.90 Å². The minimum Gasteiger partial charge on any atom is -0.308 e. The topological polar surface area (TPSA) is 15.3 Å². The van der Waals surface area contributed by atoms with E-state index >= 15 is 0 Å². The molecule has 2 heterocycles. The van der Waals surface area contributed by atoms with Crippen molar-refractivity contribution in [3.8, 4) is 0 Å². The predicted octanol–water partition coefficient (Wildman–Crippen LogP) is 4.79. The first-order valence-corrected chi connectivity index (χ1v) is 9.96. The largest absolute Gasteiger partial charge is 0.308 e. The molecule has 1 aliphatic heterocycles. The molecule has 1 N–H and O–H groups in total. The number of halogens is 1. The number of hydrogen-bond donors (Lipinski definition) is 1. The van der Waals surface area contributed by atoms with Crippen LogP contribution < -0.4 is 5.32 Å². The number of nitrogens with zero attached hydrogens (tertiary/aromatic N) is 1. The van der Waals surface area contributed by atoms with E-state index in [1.54, 1.807) is 0 Å². The molecule has 1 aromatic rings. The number of hydrogen-bond acceptors (Lipinski definition) is 3. The summed E-state index contributed by atoms with van der Waals surface area (Å²) in [6.07, 6.45) is 8.15. The second kappa shape index (κ2) is 6.31. The van der Waals surface area contributed by atoms with Crippen molar-refractivity contribution in [3.05, 3.63) is 20.8 Å². The van der Waals surface area contributed by atoms with Crippen molar-refractivity contribution >= 4 is 27.3 Å². The van der Waals surface area contributed by atoms with E-state index in [9.17, 15) is 0 Å². The van der Waals surface area contributed by atoms with Crippen LogP contribution in [0.4, 0.5) is 0 Å². The lowest BCUT2D eigenvalue weighted by molar-refractivity contribution is -0.00671. The van der Waals surface area contributed by atoms with E-state index in [1.165, 1.54) is 54.4 Å². The molecule has 0 bridgehead atoms. The summed E-state index contributed by atoms with van der Waals surface area (Å²) in [6.45, 7) is 8.21. The van der Waals surface area contributed by atoms with Crippen LogP contribution in [0.2, 0.25) is 0 Å². The fourth-order valence-electron chi connectivity index (χ4n) is 3.89. The van der Waals surface area contributed by atoms with Crippen molar-refractivity contribution in [2.24, 2.45) is 0 Å². The highest BCUT2D eigenvalue weighted by Gasteiger charge is 2.44. The van der Waals surface area contributed by atoms with Crippen LogP contribution in [0.5, 0.6) is 0 Å². The van der Waals surface area contributed by atoms with Crippen molar-refractivity contribution in [1.29, 1.82) is 0 Å². The second-order valence-electron chi connectivity index (χ2n) is 7.13. The normalized spacial score (nSPS) is 29.9. The number of nitrogens with one attached hydrogen (secondary N) is 1. The summed E-state index contributed by atoms with van der Waals surface area (Å²) >= 11 is 5.47. The van der Waals surface area contributed by atoms with Gasteiger partial charge in [-0.2, -0.15) is 0 Å². The molecule has 1 saturated carbocycles. The molecule has 2 aliphatic rings. The molecule has 1 spiro atoms. The Kier molecular flexibility index (Phi) is 4.80. The van der Waals surface area contributed by atoms with Gasteiger partial charge in [0.15, 0.2) is 0 Å². The van der Waals surface area contributed by atoms with Crippen LogP contribution in [-0.2, 0) is 6.54 Å². The Labute approximate surface area is 141 Å². The SMILES string of the molecule is CCC1(C)CNC2(CCCCC2)CN1Cc1cc(Br)cs1. The van der Waals surface area contributed by atoms with Crippen LogP contribution in [0.1, 0.15) is 57.2 Å². The zero-order chi connectivity index (χ0) is 14.9. The highest BCUT2D eigenvalue weighted by Crippen LogP contribution is 2.37.